The topological polar surface area (TPSA) is 49.3 Å². The van der Waals surface area contributed by atoms with Crippen molar-refractivity contribution in [1.82, 2.24) is 0 Å². The van der Waals surface area contributed by atoms with E-state index in [2.05, 4.69) is 38.2 Å². The Hall–Kier alpha value is -1.77. The van der Waals surface area contributed by atoms with Gasteiger partial charge >= 0.3 is 5.97 Å². The first-order chi connectivity index (χ1) is 9.38. The van der Waals surface area contributed by atoms with Crippen molar-refractivity contribution in [3.05, 3.63) is 41.5 Å². The minimum atomic E-state index is -0.857. The highest BCUT2D eigenvalue weighted by Crippen LogP contribution is 2.48. The molecule has 1 aliphatic carbocycles. The van der Waals surface area contributed by atoms with Crippen LogP contribution >= 0.6 is 0 Å². The molecular formula is C17H21NO2. The van der Waals surface area contributed by atoms with Crippen LogP contribution in [0, 0.1) is 11.3 Å². The number of benzene rings is 1. The van der Waals surface area contributed by atoms with Gasteiger partial charge < -0.3 is 10.4 Å². The minimum absolute atomic E-state index is 0.179. The fourth-order valence-electron chi connectivity index (χ4n) is 3.59. The molecule has 0 saturated carbocycles. The summed E-state index contributed by atoms with van der Waals surface area (Å²) in [6, 6.07) is 5.84. The van der Waals surface area contributed by atoms with Gasteiger partial charge in [-0.25, -0.2) is 4.79 Å². The van der Waals surface area contributed by atoms with Crippen LogP contribution in [0.4, 0.5) is 5.69 Å². The van der Waals surface area contributed by atoms with E-state index in [1.165, 1.54) is 0 Å². The van der Waals surface area contributed by atoms with Crippen LogP contribution < -0.4 is 5.32 Å². The van der Waals surface area contributed by atoms with Crippen LogP contribution in [0.25, 0.3) is 0 Å². The molecule has 3 nitrogen and oxygen atoms in total. The maximum absolute atomic E-state index is 11.2. The predicted molar refractivity (Wildman–Crippen MR) is 80.3 cm³/mol. The first-order valence-electron chi connectivity index (χ1n) is 7.18. The third kappa shape index (κ3) is 2.01. The normalized spacial score (nSPS) is 27.6. The second kappa shape index (κ2) is 4.37. The molecule has 3 atom stereocenters. The molecule has 1 heterocycles. The van der Waals surface area contributed by atoms with Crippen LogP contribution in [-0.2, 0) is 0 Å². The van der Waals surface area contributed by atoms with Gasteiger partial charge in [-0.05, 0) is 41.5 Å². The highest BCUT2D eigenvalue weighted by Gasteiger charge is 2.42. The van der Waals surface area contributed by atoms with Crippen molar-refractivity contribution >= 4 is 11.7 Å². The predicted octanol–water partition coefficient (Wildman–Crippen LogP) is 3.88. The lowest BCUT2D eigenvalue weighted by Crippen LogP contribution is -2.44. The van der Waals surface area contributed by atoms with Crippen LogP contribution in [0.15, 0.2) is 30.4 Å². The zero-order chi connectivity index (χ0) is 14.5. The van der Waals surface area contributed by atoms with E-state index in [4.69, 9.17) is 5.11 Å². The van der Waals surface area contributed by atoms with Gasteiger partial charge in [0.2, 0.25) is 0 Å². The van der Waals surface area contributed by atoms with Gasteiger partial charge in [-0.2, -0.15) is 0 Å². The summed E-state index contributed by atoms with van der Waals surface area (Å²) in [6.45, 7) is 6.78. The summed E-state index contributed by atoms with van der Waals surface area (Å²) in [5, 5.41) is 12.8. The van der Waals surface area contributed by atoms with Gasteiger partial charge in [0.05, 0.1) is 5.56 Å². The largest absolute Gasteiger partial charge is 0.478 e. The fourth-order valence-corrected chi connectivity index (χ4v) is 3.59. The molecule has 20 heavy (non-hydrogen) atoms. The molecule has 0 aromatic heterocycles. The zero-order valence-corrected chi connectivity index (χ0v) is 12.2. The number of hydrogen-bond acceptors (Lipinski definition) is 2. The molecular weight excluding hydrogens is 250 g/mol. The number of allylic oxidation sites excluding steroid dienone is 2. The van der Waals surface area contributed by atoms with Gasteiger partial charge in [-0.15, -0.1) is 0 Å². The number of carboxylic acids is 1. The quantitative estimate of drug-likeness (QED) is 0.762. The number of aromatic carboxylic acids is 1. The molecule has 1 aliphatic heterocycles. The Morgan fingerprint density at radius 1 is 1.35 bits per heavy atom. The van der Waals surface area contributed by atoms with E-state index in [1.54, 1.807) is 6.07 Å². The highest BCUT2D eigenvalue weighted by molar-refractivity contribution is 5.88. The van der Waals surface area contributed by atoms with Crippen LogP contribution in [0.3, 0.4) is 0 Å². The van der Waals surface area contributed by atoms with Crippen molar-refractivity contribution in [1.29, 1.82) is 0 Å². The third-order valence-electron chi connectivity index (χ3n) is 4.54. The number of carbonyl (C=O) groups is 1. The Morgan fingerprint density at radius 3 is 2.75 bits per heavy atom. The van der Waals surface area contributed by atoms with E-state index in [0.717, 1.165) is 17.7 Å². The van der Waals surface area contributed by atoms with Gasteiger partial charge in [0.25, 0.3) is 0 Å². The molecule has 106 valence electrons. The van der Waals surface area contributed by atoms with E-state index in [0.29, 0.717) is 23.4 Å². The van der Waals surface area contributed by atoms with Crippen LogP contribution in [0.1, 0.15) is 49.0 Å². The molecule has 0 spiro atoms. The Morgan fingerprint density at radius 2 is 2.10 bits per heavy atom. The van der Waals surface area contributed by atoms with E-state index in [9.17, 15) is 4.79 Å². The number of rotatable bonds is 1. The molecule has 1 aromatic rings. The summed E-state index contributed by atoms with van der Waals surface area (Å²) in [7, 11) is 0. The minimum Gasteiger partial charge on any atom is -0.478 e. The highest BCUT2D eigenvalue weighted by atomic mass is 16.4. The lowest BCUT2D eigenvalue weighted by atomic mass is 9.70. The summed E-state index contributed by atoms with van der Waals surface area (Å²) in [5.41, 5.74) is 2.77. The molecule has 2 N–H and O–H groups in total. The molecule has 0 bridgehead atoms. The summed E-state index contributed by atoms with van der Waals surface area (Å²) in [5.74, 6) is 0.00518. The molecule has 3 rings (SSSR count). The first kappa shape index (κ1) is 13.2. The van der Waals surface area contributed by atoms with Gasteiger partial charge in [0.15, 0.2) is 0 Å². The van der Waals surface area contributed by atoms with E-state index >= 15 is 0 Å². The molecule has 3 heteroatoms. The van der Waals surface area contributed by atoms with Gasteiger partial charge in [-0.1, -0.05) is 32.9 Å². The summed E-state index contributed by atoms with van der Waals surface area (Å²) in [6.07, 6.45) is 5.54. The monoisotopic (exact) mass is 271 g/mol. The van der Waals surface area contributed by atoms with Crippen LogP contribution in [0.5, 0.6) is 0 Å². The lowest BCUT2D eigenvalue weighted by Gasteiger charge is -2.44. The molecule has 0 radical (unpaired) electrons. The summed E-state index contributed by atoms with van der Waals surface area (Å²) >= 11 is 0. The Labute approximate surface area is 119 Å². The first-order valence-corrected chi connectivity index (χ1v) is 7.18. The Bertz CT molecular complexity index is 583. The van der Waals surface area contributed by atoms with E-state index in [-0.39, 0.29) is 5.41 Å². The lowest BCUT2D eigenvalue weighted by molar-refractivity contribution is 0.0696. The third-order valence-corrected chi connectivity index (χ3v) is 4.54. The number of anilines is 1. The number of hydrogen-bond donors (Lipinski definition) is 2. The van der Waals surface area contributed by atoms with Gasteiger partial charge in [0, 0.05) is 17.6 Å². The van der Waals surface area contributed by atoms with Crippen LogP contribution in [-0.4, -0.2) is 17.1 Å². The van der Waals surface area contributed by atoms with Gasteiger partial charge in [-0.3, -0.25) is 0 Å². The maximum Gasteiger partial charge on any atom is 0.335 e. The van der Waals surface area contributed by atoms with E-state index < -0.39 is 5.97 Å². The van der Waals surface area contributed by atoms with Crippen molar-refractivity contribution in [3.8, 4) is 0 Å². The maximum atomic E-state index is 11.2. The number of nitrogens with one attached hydrogen (secondary N) is 1. The van der Waals surface area contributed by atoms with Crippen molar-refractivity contribution in [2.24, 2.45) is 11.3 Å². The average molecular weight is 271 g/mol. The van der Waals surface area contributed by atoms with Crippen molar-refractivity contribution < 1.29 is 9.90 Å². The fraction of sp³-hybridized carbons (Fsp3) is 0.471. The molecule has 0 fully saturated rings. The second-order valence-corrected chi connectivity index (χ2v) is 6.95. The Kier molecular flexibility index (Phi) is 2.89. The zero-order valence-electron chi connectivity index (χ0n) is 12.2. The standard InChI is InChI=1S/C17H21NO2/c1-17(2,3)15-12-6-4-5-11(12)13-9-10(16(19)20)7-8-14(13)18-15/h4-5,7-9,11-12,15,18H,6H2,1-3H3,(H,19,20)/t11-,12+,15+/m1/s1. The van der Waals surface area contributed by atoms with Crippen molar-refractivity contribution in [2.45, 2.75) is 39.2 Å². The summed E-state index contributed by atoms with van der Waals surface area (Å²) in [4.78, 5) is 11.2. The smallest absolute Gasteiger partial charge is 0.335 e. The Balaban J connectivity index is 2.07. The van der Waals surface area contributed by atoms with Crippen molar-refractivity contribution in [3.63, 3.8) is 0 Å². The second-order valence-electron chi connectivity index (χ2n) is 6.95. The average Bonchev–Trinajstić information content (AvgIpc) is 2.85. The number of fused-ring (bicyclic) bond motifs is 3. The molecule has 0 amide bonds. The number of carboxylic acid groups (broad SMARTS) is 1. The SMILES string of the molecule is CC(C)(C)[C@H]1Nc2ccc(C(=O)O)cc2[C@@H]2C=CC[C@@H]21. The molecule has 1 aromatic carbocycles. The van der Waals surface area contributed by atoms with Crippen molar-refractivity contribution in [2.75, 3.05) is 5.32 Å². The van der Waals surface area contributed by atoms with Gasteiger partial charge in [0.1, 0.15) is 0 Å². The molecule has 0 saturated heterocycles. The van der Waals surface area contributed by atoms with Crippen LogP contribution in [0.2, 0.25) is 0 Å². The summed E-state index contributed by atoms with van der Waals surface area (Å²) < 4.78 is 0. The molecule has 0 unspecified atom stereocenters. The molecule has 2 aliphatic rings. The van der Waals surface area contributed by atoms with E-state index in [1.807, 2.05) is 12.1 Å².